The van der Waals surface area contributed by atoms with Gasteiger partial charge < -0.3 is 0 Å². The summed E-state index contributed by atoms with van der Waals surface area (Å²) in [6.45, 7) is 6.79. The topological polar surface area (TPSA) is 25.8 Å². The van der Waals surface area contributed by atoms with E-state index in [0.29, 0.717) is 0 Å². The van der Waals surface area contributed by atoms with Crippen LogP contribution in [0.15, 0.2) is 79.4 Å². The Bertz CT molecular complexity index is 1050. The van der Waals surface area contributed by atoms with Crippen LogP contribution in [0.4, 0.5) is 0 Å². The minimum Gasteiger partial charge on any atom is -0.265 e. The number of nitrogens with zero attached hydrogens (tertiary/aromatic N) is 2. The van der Waals surface area contributed by atoms with Gasteiger partial charge in [0, 0.05) is 24.8 Å². The van der Waals surface area contributed by atoms with Gasteiger partial charge in [-0.2, -0.15) is 0 Å². The van der Waals surface area contributed by atoms with Crippen molar-refractivity contribution in [2.45, 2.75) is 26.2 Å². The van der Waals surface area contributed by atoms with Crippen LogP contribution >= 0.6 is 0 Å². The quantitative estimate of drug-likeness (QED) is 0.431. The third kappa shape index (κ3) is 2.99. The lowest BCUT2D eigenvalue weighted by molar-refractivity contribution is 0.591. The van der Waals surface area contributed by atoms with Gasteiger partial charge in [-0.05, 0) is 80.4 Å². The highest BCUT2D eigenvalue weighted by molar-refractivity contribution is 6.05. The SMILES string of the molecule is CC(C)(C)c1cc(-c2ccncc2)c2cccc(-c3ccncc3)c2c1. The Kier molecular flexibility index (Phi) is 4.04. The molecule has 0 amide bonds. The molecule has 26 heavy (non-hydrogen) atoms. The molecule has 2 heteroatoms. The van der Waals surface area contributed by atoms with Crippen molar-refractivity contribution in [2.24, 2.45) is 0 Å². The first kappa shape index (κ1) is 16.5. The van der Waals surface area contributed by atoms with E-state index in [1.54, 1.807) is 0 Å². The van der Waals surface area contributed by atoms with E-state index in [1.807, 2.05) is 24.8 Å². The highest BCUT2D eigenvalue weighted by atomic mass is 14.6. The van der Waals surface area contributed by atoms with Gasteiger partial charge in [0.1, 0.15) is 0 Å². The number of fused-ring (bicyclic) bond motifs is 1. The minimum atomic E-state index is 0.0708. The van der Waals surface area contributed by atoms with Crippen molar-refractivity contribution in [2.75, 3.05) is 0 Å². The second-order valence-corrected chi connectivity index (χ2v) is 7.65. The summed E-state index contributed by atoms with van der Waals surface area (Å²) in [4.78, 5) is 8.35. The monoisotopic (exact) mass is 338 g/mol. The molecule has 0 saturated heterocycles. The molecule has 0 radical (unpaired) electrons. The molecule has 0 aliphatic carbocycles. The average Bonchev–Trinajstić information content (AvgIpc) is 2.67. The van der Waals surface area contributed by atoms with Crippen LogP contribution in [0, 0.1) is 0 Å². The van der Waals surface area contributed by atoms with Gasteiger partial charge in [-0.25, -0.2) is 0 Å². The standard InChI is InChI=1S/C24H22N2/c1-24(2,3)19-15-22(18-9-13-26-14-10-18)21-6-4-5-20(23(21)16-19)17-7-11-25-12-8-17/h4-16H,1-3H3. The van der Waals surface area contributed by atoms with Crippen molar-refractivity contribution in [3.8, 4) is 22.3 Å². The number of pyridine rings is 2. The van der Waals surface area contributed by atoms with Crippen LogP contribution in [0.3, 0.4) is 0 Å². The molecule has 0 aliphatic rings. The van der Waals surface area contributed by atoms with Crippen LogP contribution in [0.5, 0.6) is 0 Å². The summed E-state index contributed by atoms with van der Waals surface area (Å²) in [6.07, 6.45) is 7.42. The highest BCUT2D eigenvalue weighted by Gasteiger charge is 2.18. The zero-order valence-corrected chi connectivity index (χ0v) is 15.4. The van der Waals surface area contributed by atoms with Gasteiger partial charge in [-0.1, -0.05) is 39.0 Å². The normalized spacial score (nSPS) is 11.7. The molecular formula is C24H22N2. The Morgan fingerprint density at radius 1 is 0.615 bits per heavy atom. The maximum atomic E-state index is 4.18. The van der Waals surface area contributed by atoms with Crippen molar-refractivity contribution in [1.29, 1.82) is 0 Å². The van der Waals surface area contributed by atoms with Gasteiger partial charge in [-0.3, -0.25) is 9.97 Å². The van der Waals surface area contributed by atoms with E-state index in [-0.39, 0.29) is 5.41 Å². The zero-order chi connectivity index (χ0) is 18.1. The third-order valence-electron chi connectivity index (χ3n) is 4.84. The molecule has 0 aliphatic heterocycles. The smallest absolute Gasteiger partial charge is 0.0273 e. The molecule has 0 saturated carbocycles. The van der Waals surface area contributed by atoms with Crippen LogP contribution in [-0.2, 0) is 5.41 Å². The maximum Gasteiger partial charge on any atom is 0.0273 e. The predicted molar refractivity (Wildman–Crippen MR) is 109 cm³/mol. The van der Waals surface area contributed by atoms with Gasteiger partial charge in [0.2, 0.25) is 0 Å². The summed E-state index contributed by atoms with van der Waals surface area (Å²) in [5.74, 6) is 0. The number of hydrogen-bond donors (Lipinski definition) is 0. The first-order chi connectivity index (χ1) is 12.5. The molecule has 0 unspecified atom stereocenters. The summed E-state index contributed by atoms with van der Waals surface area (Å²) in [6, 6.07) is 19.5. The first-order valence-electron chi connectivity index (χ1n) is 8.92. The molecular weight excluding hydrogens is 316 g/mol. The summed E-state index contributed by atoms with van der Waals surface area (Å²) >= 11 is 0. The summed E-state index contributed by atoms with van der Waals surface area (Å²) in [7, 11) is 0. The number of aromatic nitrogens is 2. The molecule has 0 N–H and O–H groups in total. The van der Waals surface area contributed by atoms with Crippen molar-refractivity contribution in [3.05, 3.63) is 84.9 Å². The molecule has 0 atom stereocenters. The molecule has 128 valence electrons. The van der Waals surface area contributed by atoms with Crippen molar-refractivity contribution < 1.29 is 0 Å². The number of benzene rings is 2. The summed E-state index contributed by atoms with van der Waals surface area (Å²) in [5, 5.41) is 2.54. The van der Waals surface area contributed by atoms with E-state index in [4.69, 9.17) is 0 Å². The van der Waals surface area contributed by atoms with Gasteiger partial charge in [-0.15, -0.1) is 0 Å². The Morgan fingerprint density at radius 2 is 1.19 bits per heavy atom. The fraction of sp³-hybridized carbons (Fsp3) is 0.167. The Hall–Kier alpha value is -3.00. The molecule has 2 aromatic carbocycles. The Balaban J connectivity index is 2.09. The molecule has 0 fully saturated rings. The largest absolute Gasteiger partial charge is 0.265 e. The number of rotatable bonds is 2. The first-order valence-corrected chi connectivity index (χ1v) is 8.92. The maximum absolute atomic E-state index is 4.18. The van der Waals surface area contributed by atoms with Crippen molar-refractivity contribution >= 4 is 10.8 Å². The molecule has 2 nitrogen and oxygen atoms in total. The van der Waals surface area contributed by atoms with E-state index in [9.17, 15) is 0 Å². The van der Waals surface area contributed by atoms with Gasteiger partial charge >= 0.3 is 0 Å². The lowest BCUT2D eigenvalue weighted by Gasteiger charge is -2.22. The van der Waals surface area contributed by atoms with E-state index < -0.39 is 0 Å². The average molecular weight is 338 g/mol. The van der Waals surface area contributed by atoms with Crippen LogP contribution in [-0.4, -0.2) is 9.97 Å². The molecule has 2 aromatic heterocycles. The predicted octanol–water partition coefficient (Wildman–Crippen LogP) is 6.26. The highest BCUT2D eigenvalue weighted by Crippen LogP contribution is 2.38. The number of hydrogen-bond acceptors (Lipinski definition) is 2. The molecule has 0 bridgehead atoms. The van der Waals surface area contributed by atoms with Crippen LogP contribution < -0.4 is 0 Å². The lowest BCUT2D eigenvalue weighted by atomic mass is 9.82. The Labute approximate surface area is 154 Å². The van der Waals surface area contributed by atoms with E-state index >= 15 is 0 Å². The summed E-state index contributed by atoms with van der Waals surface area (Å²) < 4.78 is 0. The zero-order valence-electron chi connectivity index (χ0n) is 15.4. The van der Waals surface area contributed by atoms with Gasteiger partial charge in [0.05, 0.1) is 0 Å². The Morgan fingerprint density at radius 3 is 1.77 bits per heavy atom. The molecule has 2 heterocycles. The van der Waals surface area contributed by atoms with E-state index in [1.165, 1.54) is 38.6 Å². The van der Waals surface area contributed by atoms with Crippen molar-refractivity contribution in [1.82, 2.24) is 9.97 Å². The van der Waals surface area contributed by atoms with Crippen LogP contribution in [0.25, 0.3) is 33.0 Å². The van der Waals surface area contributed by atoms with Crippen molar-refractivity contribution in [3.63, 3.8) is 0 Å². The molecule has 4 rings (SSSR count). The van der Waals surface area contributed by atoms with Crippen LogP contribution in [0.1, 0.15) is 26.3 Å². The van der Waals surface area contributed by atoms with E-state index in [0.717, 1.165) is 0 Å². The fourth-order valence-electron chi connectivity index (χ4n) is 3.37. The molecule has 0 spiro atoms. The van der Waals surface area contributed by atoms with E-state index in [2.05, 4.69) is 85.3 Å². The third-order valence-corrected chi connectivity index (χ3v) is 4.84. The van der Waals surface area contributed by atoms with Gasteiger partial charge in [0.25, 0.3) is 0 Å². The second-order valence-electron chi connectivity index (χ2n) is 7.65. The van der Waals surface area contributed by atoms with Crippen LogP contribution in [0.2, 0.25) is 0 Å². The minimum absolute atomic E-state index is 0.0708. The summed E-state index contributed by atoms with van der Waals surface area (Å²) in [5.41, 5.74) is 6.29. The lowest BCUT2D eigenvalue weighted by Crippen LogP contribution is -2.11. The fourth-order valence-corrected chi connectivity index (χ4v) is 3.37. The van der Waals surface area contributed by atoms with Gasteiger partial charge in [0.15, 0.2) is 0 Å². The molecule has 4 aromatic rings. The second kappa shape index (κ2) is 6.38.